The van der Waals surface area contributed by atoms with Crippen LogP contribution in [0.4, 0.5) is 0 Å². The zero-order valence-corrected chi connectivity index (χ0v) is 5.51. The normalized spacial score (nSPS) is 29.7. The van der Waals surface area contributed by atoms with E-state index in [1.165, 1.54) is 0 Å². The maximum Gasteiger partial charge on any atom is 0.0613 e. The molecule has 1 aliphatic heterocycles. The van der Waals surface area contributed by atoms with Gasteiger partial charge in [0.1, 0.15) is 0 Å². The summed E-state index contributed by atoms with van der Waals surface area (Å²) in [5.74, 6) is 0. The fourth-order valence-electron chi connectivity index (χ4n) is 0.933. The molecule has 1 rings (SSSR count). The Hall–Kier alpha value is -0.120. The minimum atomic E-state index is 0.146. The Morgan fingerprint density at radius 1 is 1.67 bits per heavy atom. The average molecular weight is 129 g/mol. The molecule has 1 unspecified atom stereocenters. The molecule has 1 fully saturated rings. The van der Waals surface area contributed by atoms with Crippen molar-refractivity contribution in [3.8, 4) is 0 Å². The standard InChI is InChI=1S/C6H13N2O/c9-5-6-4-7-2-1-3-8-6/h6-7,9H,1-5H2. The highest BCUT2D eigenvalue weighted by Crippen LogP contribution is 1.88. The molecule has 0 amide bonds. The fraction of sp³-hybridized carbons (Fsp3) is 1.00. The van der Waals surface area contributed by atoms with Crippen molar-refractivity contribution in [2.75, 3.05) is 26.2 Å². The quantitative estimate of drug-likeness (QED) is 0.474. The minimum absolute atomic E-state index is 0.146. The summed E-state index contributed by atoms with van der Waals surface area (Å²) in [6.45, 7) is 2.97. The number of rotatable bonds is 1. The van der Waals surface area contributed by atoms with Crippen molar-refractivity contribution in [3.05, 3.63) is 0 Å². The van der Waals surface area contributed by atoms with Gasteiger partial charge in [-0.3, -0.25) is 0 Å². The van der Waals surface area contributed by atoms with Gasteiger partial charge in [-0.2, -0.15) is 0 Å². The lowest BCUT2D eigenvalue weighted by Gasteiger charge is -2.08. The van der Waals surface area contributed by atoms with E-state index in [0.29, 0.717) is 0 Å². The number of aliphatic hydroxyl groups is 1. The summed E-state index contributed by atoms with van der Waals surface area (Å²) in [5, 5.41) is 16.1. The molecule has 3 heteroatoms. The van der Waals surface area contributed by atoms with Crippen LogP contribution in [-0.2, 0) is 0 Å². The SMILES string of the molecule is OCC1CNCCC[N]1. The molecule has 2 N–H and O–H groups in total. The first-order valence-electron chi connectivity index (χ1n) is 3.41. The maximum absolute atomic E-state index is 8.68. The van der Waals surface area contributed by atoms with Crippen LogP contribution in [0.25, 0.3) is 0 Å². The molecule has 1 atom stereocenters. The molecule has 0 bridgehead atoms. The fourth-order valence-corrected chi connectivity index (χ4v) is 0.933. The topological polar surface area (TPSA) is 46.4 Å². The predicted octanol–water partition coefficient (Wildman–Crippen LogP) is -1.05. The molecule has 9 heavy (non-hydrogen) atoms. The van der Waals surface area contributed by atoms with Crippen molar-refractivity contribution < 1.29 is 5.11 Å². The summed E-state index contributed by atoms with van der Waals surface area (Å²) < 4.78 is 0. The molecule has 53 valence electrons. The second kappa shape index (κ2) is 3.82. The number of nitrogens with one attached hydrogen (secondary N) is 1. The largest absolute Gasteiger partial charge is 0.395 e. The van der Waals surface area contributed by atoms with Crippen LogP contribution in [0.3, 0.4) is 0 Å². The minimum Gasteiger partial charge on any atom is -0.395 e. The number of hydrogen-bond donors (Lipinski definition) is 2. The predicted molar refractivity (Wildman–Crippen MR) is 35.4 cm³/mol. The van der Waals surface area contributed by atoms with Crippen molar-refractivity contribution in [2.24, 2.45) is 0 Å². The van der Waals surface area contributed by atoms with Crippen LogP contribution in [0.15, 0.2) is 0 Å². The maximum atomic E-state index is 8.68. The van der Waals surface area contributed by atoms with E-state index >= 15 is 0 Å². The highest BCUT2D eigenvalue weighted by molar-refractivity contribution is 4.71. The molecule has 1 saturated heterocycles. The van der Waals surface area contributed by atoms with E-state index in [4.69, 9.17) is 5.11 Å². The van der Waals surface area contributed by atoms with Gasteiger partial charge in [0, 0.05) is 13.1 Å². The molecule has 0 saturated carbocycles. The molecule has 0 aliphatic carbocycles. The Labute approximate surface area is 55.5 Å². The van der Waals surface area contributed by atoms with Gasteiger partial charge in [-0.05, 0) is 13.0 Å². The molecule has 0 aromatic rings. The lowest BCUT2D eigenvalue weighted by Crippen LogP contribution is -2.33. The Morgan fingerprint density at radius 2 is 2.56 bits per heavy atom. The zero-order valence-electron chi connectivity index (χ0n) is 5.51. The lowest BCUT2D eigenvalue weighted by atomic mass is 10.3. The summed E-state index contributed by atoms with van der Waals surface area (Å²) in [6.07, 6.45) is 1.11. The van der Waals surface area contributed by atoms with Crippen LogP contribution in [0.2, 0.25) is 0 Å². The Balaban J connectivity index is 2.18. The van der Waals surface area contributed by atoms with Crippen molar-refractivity contribution in [3.63, 3.8) is 0 Å². The molecule has 0 aromatic heterocycles. The van der Waals surface area contributed by atoms with Crippen LogP contribution in [0, 0.1) is 0 Å². The molecule has 0 spiro atoms. The Kier molecular flexibility index (Phi) is 2.97. The first-order valence-corrected chi connectivity index (χ1v) is 3.41. The first-order chi connectivity index (χ1) is 4.43. The van der Waals surface area contributed by atoms with Crippen LogP contribution in [-0.4, -0.2) is 37.4 Å². The van der Waals surface area contributed by atoms with E-state index in [2.05, 4.69) is 10.6 Å². The van der Waals surface area contributed by atoms with Crippen LogP contribution in [0.1, 0.15) is 6.42 Å². The van der Waals surface area contributed by atoms with Gasteiger partial charge in [0.05, 0.1) is 12.6 Å². The van der Waals surface area contributed by atoms with Crippen molar-refractivity contribution in [1.82, 2.24) is 10.6 Å². The van der Waals surface area contributed by atoms with Gasteiger partial charge in [-0.1, -0.05) is 0 Å². The molecule has 3 nitrogen and oxygen atoms in total. The van der Waals surface area contributed by atoms with E-state index in [0.717, 1.165) is 26.1 Å². The summed E-state index contributed by atoms with van der Waals surface area (Å²) in [5.41, 5.74) is 0. The van der Waals surface area contributed by atoms with E-state index in [1.807, 2.05) is 0 Å². The van der Waals surface area contributed by atoms with E-state index < -0.39 is 0 Å². The van der Waals surface area contributed by atoms with Crippen molar-refractivity contribution in [2.45, 2.75) is 12.5 Å². The van der Waals surface area contributed by atoms with Gasteiger partial charge < -0.3 is 10.4 Å². The second-order valence-electron chi connectivity index (χ2n) is 2.30. The lowest BCUT2D eigenvalue weighted by molar-refractivity contribution is 0.243. The smallest absolute Gasteiger partial charge is 0.0613 e. The van der Waals surface area contributed by atoms with Crippen LogP contribution >= 0.6 is 0 Å². The number of hydrogen-bond acceptors (Lipinski definition) is 2. The number of aliphatic hydroxyl groups excluding tert-OH is 1. The average Bonchev–Trinajstić information content (AvgIpc) is 2.13. The highest BCUT2D eigenvalue weighted by atomic mass is 16.3. The van der Waals surface area contributed by atoms with Gasteiger partial charge in [0.25, 0.3) is 0 Å². The van der Waals surface area contributed by atoms with Gasteiger partial charge in [0.15, 0.2) is 0 Å². The van der Waals surface area contributed by atoms with Crippen LogP contribution in [0.5, 0.6) is 0 Å². The van der Waals surface area contributed by atoms with E-state index in [1.54, 1.807) is 0 Å². The van der Waals surface area contributed by atoms with Crippen molar-refractivity contribution >= 4 is 0 Å². The third-order valence-corrected chi connectivity index (χ3v) is 1.49. The molecule has 1 aliphatic rings. The van der Waals surface area contributed by atoms with Gasteiger partial charge in [0.2, 0.25) is 0 Å². The molecular formula is C6H13N2O. The van der Waals surface area contributed by atoms with E-state index in [-0.39, 0.29) is 12.6 Å². The van der Waals surface area contributed by atoms with Crippen LogP contribution < -0.4 is 10.6 Å². The molecule has 1 heterocycles. The molecule has 0 aromatic carbocycles. The van der Waals surface area contributed by atoms with Gasteiger partial charge in [-0.15, -0.1) is 0 Å². The Bertz CT molecular complexity index is 69.5. The third-order valence-electron chi connectivity index (χ3n) is 1.49. The molecular weight excluding hydrogens is 116 g/mol. The monoisotopic (exact) mass is 129 g/mol. The van der Waals surface area contributed by atoms with E-state index in [9.17, 15) is 0 Å². The summed E-state index contributed by atoms with van der Waals surface area (Å²) >= 11 is 0. The van der Waals surface area contributed by atoms with Gasteiger partial charge in [-0.25, -0.2) is 5.32 Å². The van der Waals surface area contributed by atoms with Crippen molar-refractivity contribution in [1.29, 1.82) is 0 Å². The number of nitrogens with zero attached hydrogens (tertiary/aromatic N) is 1. The second-order valence-corrected chi connectivity index (χ2v) is 2.30. The highest BCUT2D eigenvalue weighted by Gasteiger charge is 2.09. The summed E-state index contributed by atoms with van der Waals surface area (Å²) in [7, 11) is 0. The summed E-state index contributed by atoms with van der Waals surface area (Å²) in [6, 6.07) is 0.146. The van der Waals surface area contributed by atoms with Gasteiger partial charge >= 0.3 is 0 Å². The third kappa shape index (κ3) is 2.30. The first kappa shape index (κ1) is 6.99. The molecule has 1 radical (unpaired) electrons. The zero-order chi connectivity index (χ0) is 6.53. The Morgan fingerprint density at radius 3 is 3.33 bits per heavy atom. The summed E-state index contributed by atoms with van der Waals surface area (Å²) in [4.78, 5) is 0.